The molecule has 0 aliphatic carbocycles. The molecule has 0 N–H and O–H groups in total. The average molecular weight is 376 g/mol. The fourth-order valence-electron chi connectivity index (χ4n) is 3.93. The van der Waals surface area contributed by atoms with Crippen molar-refractivity contribution in [1.29, 1.82) is 0 Å². The normalized spacial score (nSPS) is 16.5. The molecule has 1 saturated heterocycles. The van der Waals surface area contributed by atoms with Gasteiger partial charge in [-0.3, -0.25) is 9.59 Å². The van der Waals surface area contributed by atoms with Gasteiger partial charge in [0.1, 0.15) is 11.3 Å². The Bertz CT molecular complexity index is 1010. The van der Waals surface area contributed by atoms with Crippen LogP contribution in [0, 0.1) is 6.92 Å². The van der Waals surface area contributed by atoms with Gasteiger partial charge in [-0.25, -0.2) is 0 Å². The lowest BCUT2D eigenvalue weighted by Gasteiger charge is -2.24. The van der Waals surface area contributed by atoms with Crippen molar-refractivity contribution in [2.24, 2.45) is 0 Å². The van der Waals surface area contributed by atoms with E-state index in [9.17, 15) is 9.59 Å². The maximum atomic E-state index is 13.3. The molecule has 0 radical (unpaired) electrons. The van der Waals surface area contributed by atoms with Crippen LogP contribution in [0.5, 0.6) is 0 Å². The summed E-state index contributed by atoms with van der Waals surface area (Å²) >= 11 is 0. The van der Waals surface area contributed by atoms with Crippen LogP contribution in [-0.2, 0) is 13.0 Å². The molecule has 1 aliphatic heterocycles. The molecular formula is C23H24N2O3. The van der Waals surface area contributed by atoms with Gasteiger partial charge in [0.05, 0.1) is 12.3 Å². The van der Waals surface area contributed by atoms with Crippen LogP contribution >= 0.6 is 0 Å². The summed E-state index contributed by atoms with van der Waals surface area (Å²) in [4.78, 5) is 28.2. The number of nitrogens with zero attached hydrogens (tertiary/aromatic N) is 2. The monoisotopic (exact) mass is 376 g/mol. The Morgan fingerprint density at radius 3 is 2.71 bits per heavy atom. The van der Waals surface area contributed by atoms with Crippen LogP contribution in [0.15, 0.2) is 70.2 Å². The summed E-state index contributed by atoms with van der Waals surface area (Å²) in [6, 6.07) is 15.5. The second kappa shape index (κ2) is 7.89. The maximum Gasteiger partial charge on any atom is 0.263 e. The summed E-state index contributed by atoms with van der Waals surface area (Å²) in [5.74, 6) is 0.583. The maximum absolute atomic E-state index is 13.3. The molecule has 1 fully saturated rings. The summed E-state index contributed by atoms with van der Waals surface area (Å²) in [7, 11) is 0. The van der Waals surface area contributed by atoms with E-state index in [-0.39, 0.29) is 23.1 Å². The van der Waals surface area contributed by atoms with Gasteiger partial charge in [-0.05, 0) is 55.5 Å². The number of pyridine rings is 1. The third kappa shape index (κ3) is 3.52. The van der Waals surface area contributed by atoms with Gasteiger partial charge < -0.3 is 13.9 Å². The molecule has 0 saturated carbocycles. The molecule has 5 nitrogen and oxygen atoms in total. The van der Waals surface area contributed by atoms with Gasteiger partial charge >= 0.3 is 0 Å². The molecule has 0 bridgehead atoms. The lowest BCUT2D eigenvalue weighted by atomic mass is 10.1. The van der Waals surface area contributed by atoms with Crippen LogP contribution in [-0.4, -0.2) is 21.9 Å². The first-order valence-electron chi connectivity index (χ1n) is 9.73. The number of carbonyl (C=O) groups excluding carboxylic acids is 1. The Hall–Kier alpha value is -3.08. The van der Waals surface area contributed by atoms with Crippen LogP contribution in [0.1, 0.15) is 46.1 Å². The standard InChI is InChI=1S/C23H24N2O3/c1-17-11-14-24(15-12-18-7-3-2-4-8-18)22(26)21(17)23(27)25-13-5-9-19(25)20-10-6-16-28-20/h2-4,6-8,10-11,14,16,19H,5,9,12-13,15H2,1H3. The van der Waals surface area contributed by atoms with Crippen molar-refractivity contribution in [2.75, 3.05) is 6.54 Å². The smallest absolute Gasteiger partial charge is 0.263 e. The van der Waals surface area contributed by atoms with Gasteiger partial charge in [-0.2, -0.15) is 0 Å². The second-order valence-electron chi connectivity index (χ2n) is 7.28. The first-order valence-corrected chi connectivity index (χ1v) is 9.73. The Labute approximate surface area is 164 Å². The van der Waals surface area contributed by atoms with Crippen molar-refractivity contribution >= 4 is 5.91 Å². The first-order chi connectivity index (χ1) is 13.6. The fourth-order valence-corrected chi connectivity index (χ4v) is 3.93. The van der Waals surface area contributed by atoms with E-state index in [2.05, 4.69) is 0 Å². The minimum atomic E-state index is -0.217. The molecule has 1 aromatic carbocycles. The molecule has 1 amide bonds. The molecule has 2 aromatic heterocycles. The first kappa shape index (κ1) is 18.3. The van der Waals surface area contributed by atoms with Crippen LogP contribution < -0.4 is 5.56 Å². The third-order valence-electron chi connectivity index (χ3n) is 5.46. The zero-order valence-corrected chi connectivity index (χ0v) is 16.0. The Morgan fingerprint density at radius 2 is 1.96 bits per heavy atom. The van der Waals surface area contributed by atoms with E-state index >= 15 is 0 Å². The topological polar surface area (TPSA) is 55.5 Å². The van der Waals surface area contributed by atoms with Crippen LogP contribution in [0.2, 0.25) is 0 Å². The SMILES string of the molecule is Cc1ccn(CCc2ccccc2)c(=O)c1C(=O)N1CCCC1c1ccco1. The molecule has 5 heteroatoms. The van der Waals surface area contributed by atoms with Crippen LogP contribution in [0.3, 0.4) is 0 Å². The van der Waals surface area contributed by atoms with Crippen molar-refractivity contribution in [3.63, 3.8) is 0 Å². The molecule has 3 aromatic rings. The lowest BCUT2D eigenvalue weighted by Crippen LogP contribution is -2.37. The fraction of sp³-hybridized carbons (Fsp3) is 0.304. The second-order valence-corrected chi connectivity index (χ2v) is 7.28. The van der Waals surface area contributed by atoms with E-state index in [1.54, 1.807) is 21.9 Å². The number of carbonyl (C=O) groups is 1. The molecule has 1 unspecified atom stereocenters. The van der Waals surface area contributed by atoms with Crippen LogP contribution in [0.4, 0.5) is 0 Å². The third-order valence-corrected chi connectivity index (χ3v) is 5.46. The number of amides is 1. The lowest BCUT2D eigenvalue weighted by molar-refractivity contribution is 0.0716. The Kier molecular flexibility index (Phi) is 5.15. The highest BCUT2D eigenvalue weighted by Crippen LogP contribution is 2.33. The molecule has 1 aliphatic rings. The number of hydrogen-bond acceptors (Lipinski definition) is 3. The highest BCUT2D eigenvalue weighted by Gasteiger charge is 2.34. The number of furan rings is 1. The predicted octanol–water partition coefficient (Wildman–Crippen LogP) is 3.97. The van der Waals surface area contributed by atoms with Crippen molar-refractivity contribution < 1.29 is 9.21 Å². The molecular weight excluding hydrogens is 352 g/mol. The number of likely N-dealkylation sites (tertiary alicyclic amines) is 1. The summed E-state index contributed by atoms with van der Waals surface area (Å²) in [5.41, 5.74) is 1.94. The zero-order chi connectivity index (χ0) is 19.5. The summed E-state index contributed by atoms with van der Waals surface area (Å²) < 4.78 is 7.17. The van der Waals surface area contributed by atoms with Crippen molar-refractivity contribution in [3.05, 3.63) is 93.8 Å². The minimum Gasteiger partial charge on any atom is -0.467 e. The summed E-state index contributed by atoms with van der Waals surface area (Å²) in [6.07, 6.45) is 5.92. The number of aromatic nitrogens is 1. The van der Waals surface area contributed by atoms with Gasteiger partial charge in [0.2, 0.25) is 0 Å². The van der Waals surface area contributed by atoms with E-state index < -0.39 is 0 Å². The number of hydrogen-bond donors (Lipinski definition) is 0. The van der Waals surface area contributed by atoms with Gasteiger partial charge in [0.15, 0.2) is 0 Å². The number of benzene rings is 1. The van der Waals surface area contributed by atoms with E-state index in [4.69, 9.17) is 4.42 Å². The molecule has 144 valence electrons. The summed E-state index contributed by atoms with van der Waals surface area (Å²) in [5, 5.41) is 0. The van der Waals surface area contributed by atoms with Gasteiger partial charge in [0, 0.05) is 19.3 Å². The van der Waals surface area contributed by atoms with E-state index in [1.807, 2.05) is 55.5 Å². The van der Waals surface area contributed by atoms with Gasteiger partial charge in [-0.1, -0.05) is 30.3 Å². The van der Waals surface area contributed by atoms with Crippen LogP contribution in [0.25, 0.3) is 0 Å². The zero-order valence-electron chi connectivity index (χ0n) is 16.0. The highest BCUT2D eigenvalue weighted by molar-refractivity contribution is 5.95. The molecule has 3 heterocycles. The Morgan fingerprint density at radius 1 is 1.14 bits per heavy atom. The van der Waals surface area contributed by atoms with Crippen molar-refractivity contribution in [1.82, 2.24) is 9.47 Å². The van der Waals surface area contributed by atoms with Gasteiger partial charge in [-0.15, -0.1) is 0 Å². The van der Waals surface area contributed by atoms with Gasteiger partial charge in [0.25, 0.3) is 11.5 Å². The predicted molar refractivity (Wildman–Crippen MR) is 107 cm³/mol. The average Bonchev–Trinajstić information content (AvgIpc) is 3.39. The minimum absolute atomic E-state index is 0.0979. The quantitative estimate of drug-likeness (QED) is 0.677. The largest absolute Gasteiger partial charge is 0.467 e. The Balaban J connectivity index is 1.60. The number of rotatable bonds is 5. The van der Waals surface area contributed by atoms with Crippen molar-refractivity contribution in [3.8, 4) is 0 Å². The summed E-state index contributed by atoms with van der Waals surface area (Å²) in [6.45, 7) is 3.02. The van der Waals surface area contributed by atoms with E-state index in [0.717, 1.165) is 30.6 Å². The van der Waals surface area contributed by atoms with E-state index in [1.165, 1.54) is 5.56 Å². The van der Waals surface area contributed by atoms with Crippen molar-refractivity contribution in [2.45, 2.75) is 38.8 Å². The van der Waals surface area contributed by atoms with E-state index in [0.29, 0.717) is 13.1 Å². The molecule has 28 heavy (non-hydrogen) atoms. The number of aryl methyl sites for hydroxylation is 3. The molecule has 4 rings (SSSR count). The molecule has 1 atom stereocenters. The highest BCUT2D eigenvalue weighted by atomic mass is 16.3. The molecule has 0 spiro atoms.